The molecule has 0 radical (unpaired) electrons. The largest absolute Gasteiger partial charge is 0.491 e. The van der Waals surface area contributed by atoms with Crippen LogP contribution in [0.5, 0.6) is 5.75 Å². The molecule has 9 N–H and O–H groups in total. The van der Waals surface area contributed by atoms with Crippen LogP contribution in [0.1, 0.15) is 49.7 Å². The number of hydrogen-bond donors (Lipinski definition) is 6. The van der Waals surface area contributed by atoms with Crippen LogP contribution in [0.15, 0.2) is 29.3 Å². The maximum absolute atomic E-state index is 12.2. The smallest absolute Gasteiger partial charge is 0.407 e. The molecule has 208 valence electrons. The zero-order valence-electron chi connectivity index (χ0n) is 21.7. The van der Waals surface area contributed by atoms with Gasteiger partial charge in [-0.25, -0.2) is 14.8 Å². The lowest BCUT2D eigenvalue weighted by Crippen LogP contribution is -2.38. The fraction of sp³-hybridized carbons (Fsp3) is 0.458. The predicted octanol–water partition coefficient (Wildman–Crippen LogP) is 1.63. The van der Waals surface area contributed by atoms with Crippen molar-refractivity contribution in [3.8, 4) is 5.75 Å². The molecule has 0 spiro atoms. The van der Waals surface area contributed by atoms with Gasteiger partial charge in [-0.15, -0.1) is 0 Å². The summed E-state index contributed by atoms with van der Waals surface area (Å²) in [6.07, 6.45) is 0.972. The van der Waals surface area contributed by atoms with E-state index in [1.54, 1.807) is 20.8 Å². The van der Waals surface area contributed by atoms with Crippen LogP contribution in [0, 0.1) is 0 Å². The second-order valence-corrected chi connectivity index (χ2v) is 9.67. The van der Waals surface area contributed by atoms with Gasteiger partial charge in [0, 0.05) is 6.54 Å². The zero-order valence-corrected chi connectivity index (χ0v) is 22.4. The van der Waals surface area contributed by atoms with Gasteiger partial charge in [0.1, 0.15) is 24.1 Å². The number of carbonyl (C=O) groups excluding carboxylic acids is 2. The summed E-state index contributed by atoms with van der Waals surface area (Å²) >= 11 is 5.77. The number of nitrogen functional groups attached to an aromatic ring is 2. The van der Waals surface area contributed by atoms with Crippen molar-refractivity contribution >= 4 is 41.2 Å². The average Bonchev–Trinajstić information content (AvgIpc) is 2.83. The third-order valence-electron chi connectivity index (χ3n) is 4.77. The Balaban J connectivity index is 1.66. The van der Waals surface area contributed by atoms with Crippen LogP contribution >= 0.6 is 11.6 Å². The molecule has 1 unspecified atom stereocenters. The summed E-state index contributed by atoms with van der Waals surface area (Å²) < 4.78 is 10.7. The molecule has 38 heavy (non-hydrogen) atoms. The minimum Gasteiger partial charge on any atom is -0.491 e. The Morgan fingerprint density at radius 3 is 2.45 bits per heavy atom. The Morgan fingerprint density at radius 2 is 1.79 bits per heavy atom. The molecule has 2 aromatic rings. The fourth-order valence-corrected chi connectivity index (χ4v) is 3.12. The number of ether oxygens (including phenoxy) is 2. The van der Waals surface area contributed by atoms with Crippen molar-refractivity contribution in [2.45, 2.75) is 51.7 Å². The average molecular weight is 551 g/mol. The normalized spacial score (nSPS) is 12.5. The number of anilines is 2. The van der Waals surface area contributed by atoms with E-state index >= 15 is 0 Å². The second-order valence-electron chi connectivity index (χ2n) is 9.31. The Bertz CT molecular complexity index is 1120. The van der Waals surface area contributed by atoms with Gasteiger partial charge in [0.25, 0.3) is 0 Å². The van der Waals surface area contributed by atoms with E-state index in [9.17, 15) is 14.7 Å². The third-order valence-corrected chi connectivity index (χ3v) is 5.05. The van der Waals surface area contributed by atoms with Crippen molar-refractivity contribution < 1.29 is 24.2 Å². The minimum atomic E-state index is -0.879. The Morgan fingerprint density at radius 1 is 1.11 bits per heavy atom. The van der Waals surface area contributed by atoms with Gasteiger partial charge in [-0.1, -0.05) is 23.7 Å². The van der Waals surface area contributed by atoms with E-state index in [0.29, 0.717) is 12.3 Å². The number of aliphatic imine (C=N–C) groups is 1. The van der Waals surface area contributed by atoms with E-state index < -0.39 is 23.7 Å². The number of amides is 2. The monoisotopic (exact) mass is 550 g/mol. The molecule has 2 rings (SSSR count). The number of hydrogen-bond acceptors (Lipinski definition) is 9. The number of nitrogens with zero attached hydrogens (tertiary/aromatic N) is 3. The van der Waals surface area contributed by atoms with E-state index in [1.807, 2.05) is 24.3 Å². The van der Waals surface area contributed by atoms with Gasteiger partial charge < -0.3 is 42.4 Å². The number of aliphatic hydroxyl groups excluding tert-OH is 1. The first-order valence-electron chi connectivity index (χ1n) is 11.9. The Labute approximate surface area is 226 Å². The fourth-order valence-electron chi connectivity index (χ4n) is 2.99. The standard InChI is InChI=1S/C24H35ClN8O5/c1-24(2,3)38-23(36)30-12-15(34)13-37-16-9-7-14(8-10-16)6-4-5-11-29-22(28)33-21(35)17-19(26)32-20(27)18(25)31-17/h7-10,15,34H,4-6,11-13H2,1-3H3,(H,30,36)(H4,26,27,32)(H3,28,29,33,35). The maximum Gasteiger partial charge on any atom is 0.407 e. The van der Waals surface area contributed by atoms with Crippen molar-refractivity contribution in [2.24, 2.45) is 10.7 Å². The first kappa shape index (κ1) is 30.4. The third kappa shape index (κ3) is 11.0. The molecule has 2 amide bonds. The summed E-state index contributed by atoms with van der Waals surface area (Å²) in [7, 11) is 0. The van der Waals surface area contributed by atoms with E-state index in [4.69, 9.17) is 38.3 Å². The van der Waals surface area contributed by atoms with Gasteiger partial charge in [-0.05, 0) is 57.7 Å². The lowest BCUT2D eigenvalue weighted by molar-refractivity contribution is 0.0462. The van der Waals surface area contributed by atoms with Crippen LogP contribution < -0.4 is 32.6 Å². The quantitative estimate of drug-likeness (QED) is 0.134. The summed E-state index contributed by atoms with van der Waals surface area (Å²) in [6, 6.07) is 7.50. The summed E-state index contributed by atoms with van der Waals surface area (Å²) in [6.45, 7) is 5.83. The number of carbonyl (C=O) groups is 2. The Kier molecular flexibility index (Phi) is 11.3. The predicted molar refractivity (Wildman–Crippen MR) is 145 cm³/mol. The highest BCUT2D eigenvalue weighted by molar-refractivity contribution is 6.31. The van der Waals surface area contributed by atoms with Crippen LogP contribution in [0.4, 0.5) is 16.4 Å². The summed E-state index contributed by atoms with van der Waals surface area (Å²) in [4.78, 5) is 35.1. The number of rotatable bonds is 11. The van der Waals surface area contributed by atoms with Crippen LogP contribution in [-0.4, -0.2) is 64.4 Å². The number of aliphatic hydroxyl groups is 1. The first-order chi connectivity index (χ1) is 17.8. The number of alkyl carbamates (subject to hydrolysis) is 1. The highest BCUT2D eigenvalue weighted by atomic mass is 35.5. The molecular formula is C24H35ClN8O5. The topological polar surface area (TPSA) is 213 Å². The molecule has 0 saturated heterocycles. The second kappa shape index (κ2) is 14.2. The lowest BCUT2D eigenvalue weighted by Gasteiger charge is -2.20. The molecule has 14 heteroatoms. The molecule has 0 aliphatic heterocycles. The van der Waals surface area contributed by atoms with Gasteiger partial charge in [-0.2, -0.15) is 4.99 Å². The van der Waals surface area contributed by atoms with Crippen LogP contribution in [0.25, 0.3) is 0 Å². The minimum absolute atomic E-state index is 0.0162. The lowest BCUT2D eigenvalue weighted by atomic mass is 10.1. The SMILES string of the molecule is CC(C)(C)OC(=O)NCC(O)COc1ccc(CCCCNC(N)=NC(=O)c2nc(Cl)c(N)nc2N)cc1. The number of unbranched alkanes of at least 4 members (excludes halogenated alkanes) is 1. The molecular weight excluding hydrogens is 516 g/mol. The molecule has 0 aliphatic rings. The van der Waals surface area contributed by atoms with E-state index in [2.05, 4.69) is 25.6 Å². The maximum atomic E-state index is 12.2. The van der Waals surface area contributed by atoms with Crippen LogP contribution in [0.2, 0.25) is 5.15 Å². The van der Waals surface area contributed by atoms with Gasteiger partial charge in [-0.3, -0.25) is 4.79 Å². The van der Waals surface area contributed by atoms with Gasteiger partial charge >= 0.3 is 12.0 Å². The van der Waals surface area contributed by atoms with E-state index in [-0.39, 0.29) is 41.6 Å². The molecule has 1 aromatic carbocycles. The molecule has 0 saturated carbocycles. The molecule has 1 aromatic heterocycles. The van der Waals surface area contributed by atoms with Crippen molar-refractivity contribution in [1.29, 1.82) is 0 Å². The van der Waals surface area contributed by atoms with Gasteiger partial charge in [0.2, 0.25) is 0 Å². The van der Waals surface area contributed by atoms with E-state index in [0.717, 1.165) is 24.8 Å². The summed E-state index contributed by atoms with van der Waals surface area (Å²) in [5, 5.41) is 15.2. The molecule has 0 bridgehead atoms. The summed E-state index contributed by atoms with van der Waals surface area (Å²) in [5.41, 5.74) is 17.2. The molecule has 0 aliphatic carbocycles. The summed E-state index contributed by atoms with van der Waals surface area (Å²) in [5.74, 6) is -0.518. The molecule has 1 heterocycles. The number of nitrogens with two attached hydrogens (primary N) is 3. The number of nitrogens with one attached hydrogen (secondary N) is 2. The Hall–Kier alpha value is -3.84. The highest BCUT2D eigenvalue weighted by Gasteiger charge is 2.17. The van der Waals surface area contributed by atoms with Crippen molar-refractivity contribution in [1.82, 2.24) is 20.6 Å². The number of benzene rings is 1. The molecule has 13 nitrogen and oxygen atoms in total. The van der Waals surface area contributed by atoms with Crippen molar-refractivity contribution in [2.75, 3.05) is 31.2 Å². The zero-order chi connectivity index (χ0) is 28.3. The number of aryl methyl sites for hydroxylation is 1. The number of guanidine groups is 1. The van der Waals surface area contributed by atoms with Crippen molar-refractivity contribution in [3.05, 3.63) is 40.7 Å². The highest BCUT2D eigenvalue weighted by Crippen LogP contribution is 2.18. The molecule has 0 fully saturated rings. The number of halogens is 1. The first-order valence-corrected chi connectivity index (χ1v) is 12.3. The van der Waals surface area contributed by atoms with Crippen LogP contribution in [-0.2, 0) is 11.2 Å². The van der Waals surface area contributed by atoms with Gasteiger partial charge in [0.05, 0.1) is 6.54 Å². The molecule has 1 atom stereocenters. The van der Waals surface area contributed by atoms with Crippen molar-refractivity contribution in [3.63, 3.8) is 0 Å². The van der Waals surface area contributed by atoms with Gasteiger partial charge in [0.15, 0.2) is 28.4 Å². The van der Waals surface area contributed by atoms with E-state index in [1.165, 1.54) is 0 Å². The van der Waals surface area contributed by atoms with Crippen LogP contribution in [0.3, 0.4) is 0 Å². The number of aromatic nitrogens is 2.